The van der Waals surface area contributed by atoms with Crippen LogP contribution in [0.1, 0.15) is 25.3 Å². The summed E-state index contributed by atoms with van der Waals surface area (Å²) in [6, 6.07) is 16.0. The number of nitrogens with one attached hydrogen (secondary N) is 1. The molecule has 2 aromatic rings. The first-order valence-electron chi connectivity index (χ1n) is 8.62. The monoisotopic (exact) mass is 370 g/mol. The topological polar surface area (TPSA) is 66.5 Å². The van der Waals surface area contributed by atoms with Crippen molar-refractivity contribution in [3.63, 3.8) is 0 Å². The summed E-state index contributed by atoms with van der Waals surface area (Å²) in [4.78, 5) is 12.5. The molecule has 0 bridgehead atoms. The summed E-state index contributed by atoms with van der Waals surface area (Å²) in [7, 11) is -3.50. The molecule has 0 radical (unpaired) electrons. The lowest BCUT2D eigenvalue weighted by Crippen LogP contribution is -2.27. The average Bonchev–Trinajstić information content (AvgIpc) is 3.18. The number of hydrogen-bond acceptors (Lipinski definition) is 3. The molecule has 26 heavy (non-hydrogen) atoms. The Morgan fingerprint density at radius 2 is 1.73 bits per heavy atom. The quantitative estimate of drug-likeness (QED) is 0.819. The summed E-state index contributed by atoms with van der Waals surface area (Å²) < 4.78 is 26.8. The second kappa shape index (κ2) is 7.85. The highest BCUT2D eigenvalue weighted by Gasteiger charge is 2.27. The predicted molar refractivity (Wildman–Crippen MR) is 103 cm³/mol. The standard InChI is InChI=1S/C20H22N2O3S/c1-16(17-8-3-2-4-9-17)14-20(23)21-18-10-7-11-19(15-18)26(24,25)22-12-5-6-13-22/h2-4,7-11,14-15H,5-6,12-13H2,1H3,(H,21,23)/b16-14+. The highest BCUT2D eigenvalue weighted by Crippen LogP contribution is 2.23. The van der Waals surface area contributed by atoms with Crippen molar-refractivity contribution in [3.05, 3.63) is 66.2 Å². The van der Waals surface area contributed by atoms with Gasteiger partial charge in [-0.15, -0.1) is 0 Å². The second-order valence-corrected chi connectivity index (χ2v) is 8.26. The fraction of sp³-hybridized carbons (Fsp3) is 0.250. The number of carbonyl (C=O) groups excluding carboxylic acids is 1. The van der Waals surface area contributed by atoms with E-state index in [1.54, 1.807) is 18.2 Å². The highest BCUT2D eigenvalue weighted by atomic mass is 32.2. The van der Waals surface area contributed by atoms with Crippen LogP contribution in [-0.2, 0) is 14.8 Å². The van der Waals surface area contributed by atoms with Crippen molar-refractivity contribution >= 4 is 27.2 Å². The van der Waals surface area contributed by atoms with Crippen LogP contribution in [0, 0.1) is 0 Å². The van der Waals surface area contributed by atoms with Crippen molar-refractivity contribution in [1.29, 1.82) is 0 Å². The number of rotatable bonds is 5. The molecule has 1 saturated heterocycles. The van der Waals surface area contributed by atoms with Crippen LogP contribution in [0.4, 0.5) is 5.69 Å². The molecule has 1 fully saturated rings. The second-order valence-electron chi connectivity index (χ2n) is 6.32. The smallest absolute Gasteiger partial charge is 0.248 e. The van der Waals surface area contributed by atoms with Gasteiger partial charge in [0, 0.05) is 24.9 Å². The number of hydrogen-bond donors (Lipinski definition) is 1. The van der Waals surface area contributed by atoms with Crippen LogP contribution in [0.2, 0.25) is 0 Å². The molecule has 1 aliphatic heterocycles. The van der Waals surface area contributed by atoms with Crippen molar-refractivity contribution in [2.75, 3.05) is 18.4 Å². The van der Waals surface area contributed by atoms with Gasteiger partial charge in [0.15, 0.2) is 0 Å². The Kier molecular flexibility index (Phi) is 5.54. The van der Waals surface area contributed by atoms with Gasteiger partial charge in [0.25, 0.3) is 0 Å². The van der Waals surface area contributed by atoms with Crippen LogP contribution in [0.5, 0.6) is 0 Å². The first kappa shape index (κ1) is 18.4. The molecular weight excluding hydrogens is 348 g/mol. The van der Waals surface area contributed by atoms with Gasteiger partial charge in [-0.25, -0.2) is 8.42 Å². The number of nitrogens with zero attached hydrogens (tertiary/aromatic N) is 1. The molecular formula is C20H22N2O3S. The summed E-state index contributed by atoms with van der Waals surface area (Å²) in [5, 5.41) is 2.75. The molecule has 1 N–H and O–H groups in total. The molecule has 0 spiro atoms. The SMILES string of the molecule is C/C(=C\C(=O)Nc1cccc(S(=O)(=O)N2CCCC2)c1)c1ccccc1. The van der Waals surface area contributed by atoms with E-state index in [4.69, 9.17) is 0 Å². The molecule has 0 unspecified atom stereocenters. The van der Waals surface area contributed by atoms with E-state index in [9.17, 15) is 13.2 Å². The fourth-order valence-electron chi connectivity index (χ4n) is 2.97. The van der Waals surface area contributed by atoms with Gasteiger partial charge in [-0.1, -0.05) is 36.4 Å². The molecule has 1 heterocycles. The van der Waals surface area contributed by atoms with Crippen LogP contribution in [0.25, 0.3) is 5.57 Å². The summed E-state index contributed by atoms with van der Waals surface area (Å²) in [6.07, 6.45) is 3.29. The molecule has 1 aliphatic rings. The molecule has 2 aromatic carbocycles. The first-order valence-corrected chi connectivity index (χ1v) is 10.1. The Morgan fingerprint density at radius 1 is 1.04 bits per heavy atom. The maximum atomic E-state index is 12.6. The van der Waals surface area contributed by atoms with Crippen molar-refractivity contribution < 1.29 is 13.2 Å². The molecule has 6 heteroatoms. The van der Waals surface area contributed by atoms with E-state index in [-0.39, 0.29) is 10.8 Å². The molecule has 0 aliphatic carbocycles. The lowest BCUT2D eigenvalue weighted by atomic mass is 10.1. The number of benzene rings is 2. The van der Waals surface area contributed by atoms with Gasteiger partial charge in [0.05, 0.1) is 4.90 Å². The molecule has 0 saturated carbocycles. The van der Waals surface area contributed by atoms with Gasteiger partial charge in [-0.2, -0.15) is 4.31 Å². The van der Waals surface area contributed by atoms with Crippen molar-refractivity contribution in [1.82, 2.24) is 4.31 Å². The van der Waals surface area contributed by atoms with E-state index in [2.05, 4.69) is 5.32 Å². The molecule has 0 atom stereocenters. The molecule has 3 rings (SSSR count). The number of anilines is 1. The van der Waals surface area contributed by atoms with E-state index in [0.717, 1.165) is 24.0 Å². The van der Waals surface area contributed by atoms with Gasteiger partial charge in [0.1, 0.15) is 0 Å². The van der Waals surface area contributed by atoms with Crippen molar-refractivity contribution in [2.24, 2.45) is 0 Å². The lowest BCUT2D eigenvalue weighted by Gasteiger charge is -2.16. The Balaban J connectivity index is 1.75. The Labute approximate surface area is 154 Å². The van der Waals surface area contributed by atoms with Gasteiger partial charge in [-0.05, 0) is 49.1 Å². The summed E-state index contributed by atoms with van der Waals surface area (Å²) in [5.41, 5.74) is 2.27. The third-order valence-electron chi connectivity index (χ3n) is 4.38. The zero-order valence-electron chi connectivity index (χ0n) is 14.7. The fourth-order valence-corrected chi connectivity index (χ4v) is 4.53. The van der Waals surface area contributed by atoms with E-state index in [0.29, 0.717) is 18.8 Å². The van der Waals surface area contributed by atoms with Gasteiger partial charge in [-0.3, -0.25) is 4.79 Å². The van der Waals surface area contributed by atoms with E-state index in [1.165, 1.54) is 16.4 Å². The van der Waals surface area contributed by atoms with E-state index in [1.807, 2.05) is 37.3 Å². The minimum absolute atomic E-state index is 0.209. The normalized spacial score (nSPS) is 15.8. The maximum absolute atomic E-state index is 12.6. The highest BCUT2D eigenvalue weighted by molar-refractivity contribution is 7.89. The van der Waals surface area contributed by atoms with E-state index >= 15 is 0 Å². The maximum Gasteiger partial charge on any atom is 0.248 e. The zero-order valence-corrected chi connectivity index (χ0v) is 15.5. The number of amides is 1. The van der Waals surface area contributed by atoms with Crippen molar-refractivity contribution in [3.8, 4) is 0 Å². The van der Waals surface area contributed by atoms with Crippen LogP contribution >= 0.6 is 0 Å². The van der Waals surface area contributed by atoms with Crippen LogP contribution < -0.4 is 5.32 Å². The van der Waals surface area contributed by atoms with Crippen molar-refractivity contribution in [2.45, 2.75) is 24.7 Å². The molecule has 0 aromatic heterocycles. The average molecular weight is 370 g/mol. The number of carbonyl (C=O) groups is 1. The molecule has 136 valence electrons. The molecule has 5 nitrogen and oxygen atoms in total. The minimum Gasteiger partial charge on any atom is -0.322 e. The van der Waals surface area contributed by atoms with Crippen LogP contribution in [-0.4, -0.2) is 31.7 Å². The summed E-state index contributed by atoms with van der Waals surface area (Å²) >= 11 is 0. The third-order valence-corrected chi connectivity index (χ3v) is 6.28. The zero-order chi connectivity index (χ0) is 18.6. The Morgan fingerprint density at radius 3 is 2.42 bits per heavy atom. The number of allylic oxidation sites excluding steroid dienone is 1. The predicted octanol–water partition coefficient (Wildman–Crippen LogP) is 3.51. The van der Waals surface area contributed by atoms with Crippen LogP contribution in [0.3, 0.4) is 0 Å². The first-order chi connectivity index (χ1) is 12.5. The Bertz CT molecular complexity index is 915. The summed E-state index contributed by atoms with van der Waals surface area (Å²) in [6.45, 7) is 2.97. The Hall–Kier alpha value is -2.44. The number of sulfonamides is 1. The lowest BCUT2D eigenvalue weighted by molar-refractivity contribution is -0.111. The van der Waals surface area contributed by atoms with Gasteiger partial charge < -0.3 is 5.32 Å². The third kappa shape index (κ3) is 4.20. The minimum atomic E-state index is -3.50. The molecule has 1 amide bonds. The van der Waals surface area contributed by atoms with Gasteiger partial charge in [0.2, 0.25) is 15.9 Å². The van der Waals surface area contributed by atoms with Gasteiger partial charge >= 0.3 is 0 Å². The van der Waals surface area contributed by atoms with Crippen LogP contribution in [0.15, 0.2) is 65.6 Å². The largest absolute Gasteiger partial charge is 0.322 e. The van der Waals surface area contributed by atoms with E-state index < -0.39 is 10.0 Å². The summed E-state index contributed by atoms with van der Waals surface area (Å²) in [5.74, 6) is -0.290.